The van der Waals surface area contributed by atoms with Crippen LogP contribution in [0.4, 0.5) is 0 Å². The summed E-state index contributed by atoms with van der Waals surface area (Å²) in [6, 6.07) is 7.08. The maximum atomic E-state index is 10.3. The lowest BCUT2D eigenvalue weighted by molar-refractivity contribution is 0.174. The lowest BCUT2D eigenvalue weighted by atomic mass is 10.0. The number of pyridine rings is 1. The van der Waals surface area contributed by atoms with Crippen molar-refractivity contribution < 1.29 is 9.84 Å². The third-order valence-corrected chi connectivity index (χ3v) is 3.70. The summed E-state index contributed by atoms with van der Waals surface area (Å²) in [5.74, 6) is 0.549. The average Bonchev–Trinajstić information content (AvgIpc) is 2.43. The monoisotopic (exact) mass is 297 g/mol. The van der Waals surface area contributed by atoms with E-state index in [2.05, 4.69) is 4.98 Å². The van der Waals surface area contributed by atoms with Crippen molar-refractivity contribution in [1.82, 2.24) is 4.98 Å². The van der Waals surface area contributed by atoms with Crippen LogP contribution >= 0.6 is 23.2 Å². The summed E-state index contributed by atoms with van der Waals surface area (Å²) in [5, 5.41) is 11.2. The molecule has 1 heterocycles. The summed E-state index contributed by atoms with van der Waals surface area (Å²) < 4.78 is 5.18. The molecule has 1 N–H and O–H groups in total. The van der Waals surface area contributed by atoms with Gasteiger partial charge in [-0.2, -0.15) is 0 Å². The van der Waals surface area contributed by atoms with Gasteiger partial charge >= 0.3 is 0 Å². The Balaban J connectivity index is 2.26. The molecule has 0 aliphatic rings. The van der Waals surface area contributed by atoms with Crippen molar-refractivity contribution in [2.75, 3.05) is 7.11 Å². The molecule has 19 heavy (non-hydrogen) atoms. The summed E-state index contributed by atoms with van der Waals surface area (Å²) in [7, 11) is 1.54. The van der Waals surface area contributed by atoms with Crippen molar-refractivity contribution in [2.45, 2.75) is 12.5 Å². The summed E-state index contributed by atoms with van der Waals surface area (Å²) >= 11 is 12.1. The third kappa shape index (κ3) is 3.18. The van der Waals surface area contributed by atoms with Crippen LogP contribution in [0.5, 0.6) is 5.75 Å². The van der Waals surface area contributed by atoms with E-state index in [9.17, 15) is 5.11 Å². The zero-order valence-corrected chi connectivity index (χ0v) is 11.8. The molecule has 2 aromatic rings. The van der Waals surface area contributed by atoms with Crippen molar-refractivity contribution in [3.8, 4) is 5.75 Å². The van der Waals surface area contributed by atoms with Crippen LogP contribution in [0.3, 0.4) is 0 Å². The lowest BCUT2D eigenvalue weighted by Gasteiger charge is -2.15. The molecule has 0 fully saturated rings. The molecule has 1 unspecified atom stereocenters. The van der Waals surface area contributed by atoms with Gasteiger partial charge in [-0.05, 0) is 17.7 Å². The third-order valence-electron chi connectivity index (χ3n) is 2.84. The smallest absolute Gasteiger partial charge is 0.142 e. The molecule has 0 spiro atoms. The Labute approximate surface area is 121 Å². The summed E-state index contributed by atoms with van der Waals surface area (Å²) in [6.07, 6.45) is 2.81. The molecular formula is C14H13Cl2NO2. The molecule has 100 valence electrons. The van der Waals surface area contributed by atoms with Gasteiger partial charge in [-0.3, -0.25) is 4.98 Å². The molecule has 3 nitrogen and oxygen atoms in total. The second kappa shape index (κ2) is 6.24. The molecule has 1 aromatic heterocycles. The van der Waals surface area contributed by atoms with Crippen LogP contribution in [0.15, 0.2) is 36.7 Å². The zero-order chi connectivity index (χ0) is 13.8. The predicted octanol–water partition coefficient (Wildman–Crippen LogP) is 3.67. The average molecular weight is 298 g/mol. The molecular weight excluding hydrogens is 285 g/mol. The van der Waals surface area contributed by atoms with Crippen molar-refractivity contribution in [2.24, 2.45) is 0 Å². The number of halogens is 2. The van der Waals surface area contributed by atoms with E-state index in [0.717, 1.165) is 5.56 Å². The number of hydrogen-bond donors (Lipinski definition) is 1. The fraction of sp³-hybridized carbons (Fsp3) is 0.214. The van der Waals surface area contributed by atoms with E-state index in [4.69, 9.17) is 27.9 Å². The van der Waals surface area contributed by atoms with Gasteiger partial charge in [-0.25, -0.2) is 0 Å². The van der Waals surface area contributed by atoms with Crippen LogP contribution in [0.25, 0.3) is 0 Å². The van der Waals surface area contributed by atoms with E-state index in [1.165, 1.54) is 0 Å². The van der Waals surface area contributed by atoms with Gasteiger partial charge in [0.15, 0.2) is 0 Å². The van der Waals surface area contributed by atoms with Gasteiger partial charge in [0.1, 0.15) is 5.75 Å². The van der Waals surface area contributed by atoms with Crippen molar-refractivity contribution in [3.63, 3.8) is 0 Å². The van der Waals surface area contributed by atoms with Gasteiger partial charge in [0.25, 0.3) is 0 Å². The molecule has 0 aliphatic heterocycles. The standard InChI is InChI=1S/C14H13Cl2NO2/c1-19-13-8-17-6-5-10(13)12(18)7-9-3-2-4-11(15)14(9)16/h2-6,8,12,18H,7H2,1H3. The molecule has 1 aromatic carbocycles. The minimum atomic E-state index is -0.728. The van der Waals surface area contributed by atoms with Gasteiger partial charge in [0.2, 0.25) is 0 Å². The zero-order valence-electron chi connectivity index (χ0n) is 10.3. The minimum absolute atomic E-state index is 0.361. The molecule has 0 amide bonds. The number of benzene rings is 1. The van der Waals surface area contributed by atoms with Crippen molar-refractivity contribution >= 4 is 23.2 Å². The van der Waals surface area contributed by atoms with Gasteiger partial charge in [0.05, 0.1) is 29.5 Å². The number of aliphatic hydroxyl groups excluding tert-OH is 1. The Morgan fingerprint density at radius 3 is 2.84 bits per heavy atom. The molecule has 1 atom stereocenters. The van der Waals surface area contributed by atoms with Crippen LogP contribution < -0.4 is 4.74 Å². The highest BCUT2D eigenvalue weighted by molar-refractivity contribution is 6.42. The Kier molecular flexibility index (Phi) is 4.64. The molecule has 0 saturated heterocycles. The van der Waals surface area contributed by atoms with Gasteiger partial charge in [-0.1, -0.05) is 35.3 Å². The van der Waals surface area contributed by atoms with E-state index in [0.29, 0.717) is 27.8 Å². The highest BCUT2D eigenvalue weighted by Crippen LogP contribution is 2.31. The Morgan fingerprint density at radius 2 is 2.11 bits per heavy atom. The van der Waals surface area contributed by atoms with Gasteiger partial charge in [-0.15, -0.1) is 0 Å². The van der Waals surface area contributed by atoms with Crippen molar-refractivity contribution in [1.29, 1.82) is 0 Å². The number of rotatable bonds is 4. The summed E-state index contributed by atoms with van der Waals surface area (Å²) in [4.78, 5) is 3.95. The number of ether oxygens (including phenoxy) is 1. The first-order chi connectivity index (χ1) is 9.13. The van der Waals surface area contributed by atoms with E-state index in [1.807, 2.05) is 6.07 Å². The van der Waals surface area contributed by atoms with Crippen LogP contribution in [0, 0.1) is 0 Å². The number of aliphatic hydroxyl groups is 1. The predicted molar refractivity (Wildman–Crippen MR) is 75.9 cm³/mol. The molecule has 5 heteroatoms. The lowest BCUT2D eigenvalue weighted by Crippen LogP contribution is -2.05. The van der Waals surface area contributed by atoms with Gasteiger partial charge in [0, 0.05) is 18.2 Å². The summed E-state index contributed by atoms with van der Waals surface area (Å²) in [6.45, 7) is 0. The highest BCUT2D eigenvalue weighted by atomic mass is 35.5. The van der Waals surface area contributed by atoms with Crippen LogP contribution in [0.1, 0.15) is 17.2 Å². The quantitative estimate of drug-likeness (QED) is 0.936. The maximum absolute atomic E-state index is 10.3. The second-order valence-electron chi connectivity index (χ2n) is 4.05. The van der Waals surface area contributed by atoms with E-state index in [-0.39, 0.29) is 0 Å². The molecule has 2 rings (SSSR count). The first kappa shape index (κ1) is 14.1. The normalized spacial score (nSPS) is 12.2. The Hall–Kier alpha value is -1.29. The van der Waals surface area contributed by atoms with E-state index < -0.39 is 6.10 Å². The van der Waals surface area contributed by atoms with Crippen LogP contribution in [-0.4, -0.2) is 17.2 Å². The molecule has 0 bridgehead atoms. The highest BCUT2D eigenvalue weighted by Gasteiger charge is 2.16. The first-order valence-electron chi connectivity index (χ1n) is 5.72. The number of hydrogen-bond acceptors (Lipinski definition) is 3. The van der Waals surface area contributed by atoms with E-state index >= 15 is 0 Å². The topological polar surface area (TPSA) is 42.4 Å². The number of methoxy groups -OCH3 is 1. The summed E-state index contributed by atoms with van der Waals surface area (Å²) in [5.41, 5.74) is 1.47. The first-order valence-corrected chi connectivity index (χ1v) is 6.48. The van der Waals surface area contributed by atoms with Crippen LogP contribution in [-0.2, 0) is 6.42 Å². The minimum Gasteiger partial charge on any atom is -0.495 e. The maximum Gasteiger partial charge on any atom is 0.142 e. The Bertz CT molecular complexity index is 575. The molecule has 0 saturated carbocycles. The molecule has 0 aliphatic carbocycles. The van der Waals surface area contributed by atoms with Gasteiger partial charge < -0.3 is 9.84 Å². The second-order valence-corrected chi connectivity index (χ2v) is 4.84. The fourth-order valence-corrected chi connectivity index (χ4v) is 2.26. The fourth-order valence-electron chi connectivity index (χ4n) is 1.86. The number of aromatic nitrogens is 1. The number of nitrogens with zero attached hydrogens (tertiary/aromatic N) is 1. The molecule has 0 radical (unpaired) electrons. The van der Waals surface area contributed by atoms with Crippen molar-refractivity contribution in [3.05, 3.63) is 57.8 Å². The largest absolute Gasteiger partial charge is 0.495 e. The van der Waals surface area contributed by atoms with Crippen LogP contribution in [0.2, 0.25) is 10.0 Å². The van der Waals surface area contributed by atoms with E-state index in [1.54, 1.807) is 37.7 Å². The SMILES string of the molecule is COc1cnccc1C(O)Cc1cccc(Cl)c1Cl. The Morgan fingerprint density at radius 1 is 1.32 bits per heavy atom.